The number of aromatic nitrogens is 2. The van der Waals surface area contributed by atoms with E-state index in [1.54, 1.807) is 12.3 Å². The topological polar surface area (TPSA) is 61.0 Å². The van der Waals surface area contributed by atoms with Crippen molar-refractivity contribution in [2.75, 3.05) is 13.2 Å². The Labute approximate surface area is 151 Å². The Morgan fingerprint density at radius 2 is 1.96 bits per heavy atom. The van der Waals surface area contributed by atoms with Gasteiger partial charge in [-0.2, -0.15) is 13.2 Å². The summed E-state index contributed by atoms with van der Waals surface area (Å²) in [7, 11) is 0. The summed E-state index contributed by atoms with van der Waals surface area (Å²) in [5.41, 5.74) is 7.96. The largest absolute Gasteiger partial charge is 0.433 e. The van der Waals surface area contributed by atoms with Crippen LogP contribution in [-0.4, -0.2) is 23.2 Å². The Kier molecular flexibility index (Phi) is 6.72. The molecule has 0 radical (unpaired) electrons. The summed E-state index contributed by atoms with van der Waals surface area (Å²) in [4.78, 5) is 8.06. The second-order valence-electron chi connectivity index (χ2n) is 6.24. The van der Waals surface area contributed by atoms with Crippen molar-refractivity contribution in [3.8, 4) is 11.1 Å². The Morgan fingerprint density at radius 3 is 2.54 bits per heavy atom. The van der Waals surface area contributed by atoms with Crippen molar-refractivity contribution in [3.63, 3.8) is 0 Å². The summed E-state index contributed by atoms with van der Waals surface area (Å²) < 4.78 is 45.0. The molecule has 2 N–H and O–H groups in total. The van der Waals surface area contributed by atoms with Crippen LogP contribution < -0.4 is 5.73 Å². The highest BCUT2D eigenvalue weighted by atomic mass is 19.4. The summed E-state index contributed by atoms with van der Waals surface area (Å²) in [5, 5.41) is 0. The molecule has 0 unspecified atom stereocenters. The molecule has 0 aliphatic rings. The molecule has 0 aliphatic heterocycles. The number of hydrogen-bond donors (Lipinski definition) is 1. The van der Waals surface area contributed by atoms with E-state index in [1.165, 1.54) is 0 Å². The SMILES string of the molecule is CCOCCCc1cc(-c2cnc([C@H](C)N)cc2C)cc(C(F)(F)F)n1. The van der Waals surface area contributed by atoms with Crippen molar-refractivity contribution in [1.29, 1.82) is 0 Å². The van der Waals surface area contributed by atoms with Crippen LogP contribution in [0.15, 0.2) is 24.4 Å². The molecule has 2 rings (SSSR count). The zero-order valence-electron chi connectivity index (χ0n) is 15.2. The van der Waals surface area contributed by atoms with Crippen molar-refractivity contribution in [2.24, 2.45) is 5.73 Å². The van der Waals surface area contributed by atoms with Crippen molar-refractivity contribution in [2.45, 2.75) is 45.8 Å². The summed E-state index contributed by atoms with van der Waals surface area (Å²) in [6.07, 6.45) is -1.89. The summed E-state index contributed by atoms with van der Waals surface area (Å²) in [6, 6.07) is 4.33. The van der Waals surface area contributed by atoms with E-state index in [4.69, 9.17) is 10.5 Å². The molecule has 0 aromatic carbocycles. The van der Waals surface area contributed by atoms with Gasteiger partial charge < -0.3 is 10.5 Å². The van der Waals surface area contributed by atoms with E-state index in [1.807, 2.05) is 26.8 Å². The molecule has 2 aromatic heterocycles. The van der Waals surface area contributed by atoms with Gasteiger partial charge >= 0.3 is 6.18 Å². The highest BCUT2D eigenvalue weighted by Gasteiger charge is 2.33. The van der Waals surface area contributed by atoms with Crippen molar-refractivity contribution in [3.05, 3.63) is 47.0 Å². The van der Waals surface area contributed by atoms with Crippen LogP contribution in [0, 0.1) is 6.92 Å². The maximum atomic E-state index is 13.3. The number of ether oxygens (including phenoxy) is 1. The fraction of sp³-hybridized carbons (Fsp3) is 0.474. The van der Waals surface area contributed by atoms with Crippen molar-refractivity contribution in [1.82, 2.24) is 9.97 Å². The Bertz CT molecular complexity index is 745. The lowest BCUT2D eigenvalue weighted by molar-refractivity contribution is -0.141. The summed E-state index contributed by atoms with van der Waals surface area (Å²) in [5.74, 6) is 0. The predicted octanol–water partition coefficient (Wildman–Crippen LogP) is 4.46. The number of halogens is 3. The molecule has 7 heteroatoms. The number of aryl methyl sites for hydroxylation is 2. The lowest BCUT2D eigenvalue weighted by Gasteiger charge is -2.14. The first-order valence-electron chi connectivity index (χ1n) is 8.60. The fourth-order valence-corrected chi connectivity index (χ4v) is 2.65. The summed E-state index contributed by atoms with van der Waals surface area (Å²) in [6.45, 7) is 6.60. The molecule has 0 spiro atoms. The van der Waals surface area contributed by atoms with Crippen LogP contribution in [0.3, 0.4) is 0 Å². The maximum absolute atomic E-state index is 13.3. The molecule has 0 fully saturated rings. The van der Waals surface area contributed by atoms with Gasteiger partial charge in [-0.25, -0.2) is 4.98 Å². The van der Waals surface area contributed by atoms with E-state index < -0.39 is 11.9 Å². The Balaban J connectivity index is 2.40. The maximum Gasteiger partial charge on any atom is 0.433 e. The molecule has 0 bridgehead atoms. The standard InChI is InChI=1S/C19H24F3N3O/c1-4-26-7-5-6-15-9-14(10-18(25-15)19(20,21)22)16-11-24-17(13(3)23)8-12(16)2/h8-11,13H,4-7,23H2,1-3H3/t13-/m0/s1. The van der Waals surface area contributed by atoms with Gasteiger partial charge in [0.2, 0.25) is 0 Å². The van der Waals surface area contributed by atoms with E-state index >= 15 is 0 Å². The van der Waals surface area contributed by atoms with Crippen LogP contribution in [0.25, 0.3) is 11.1 Å². The molecule has 0 amide bonds. The lowest BCUT2D eigenvalue weighted by Crippen LogP contribution is -2.11. The number of nitrogens with zero attached hydrogens (tertiary/aromatic N) is 2. The molecule has 142 valence electrons. The van der Waals surface area contributed by atoms with Crippen molar-refractivity contribution < 1.29 is 17.9 Å². The van der Waals surface area contributed by atoms with Gasteiger partial charge in [-0.05, 0) is 62.9 Å². The average molecular weight is 367 g/mol. The van der Waals surface area contributed by atoms with Gasteiger partial charge in [-0.1, -0.05) is 0 Å². The third-order valence-electron chi connectivity index (χ3n) is 4.00. The van der Waals surface area contributed by atoms with Gasteiger partial charge in [0.05, 0.1) is 5.69 Å². The van der Waals surface area contributed by atoms with E-state index in [0.717, 1.165) is 11.6 Å². The third-order valence-corrected chi connectivity index (χ3v) is 4.00. The predicted molar refractivity (Wildman–Crippen MR) is 94.6 cm³/mol. The normalized spacial score (nSPS) is 13.0. The van der Waals surface area contributed by atoms with E-state index in [0.29, 0.717) is 48.6 Å². The minimum Gasteiger partial charge on any atom is -0.382 e. The van der Waals surface area contributed by atoms with E-state index in [2.05, 4.69) is 9.97 Å². The van der Waals surface area contributed by atoms with Gasteiger partial charge in [0.1, 0.15) is 5.69 Å². The molecule has 1 atom stereocenters. The van der Waals surface area contributed by atoms with Crippen LogP contribution >= 0.6 is 0 Å². The molecule has 2 heterocycles. The smallest absolute Gasteiger partial charge is 0.382 e. The molecule has 0 saturated carbocycles. The van der Waals surface area contributed by atoms with Gasteiger partial charge in [-0.3, -0.25) is 4.98 Å². The van der Waals surface area contributed by atoms with Gasteiger partial charge in [0.15, 0.2) is 0 Å². The van der Waals surface area contributed by atoms with Crippen molar-refractivity contribution >= 4 is 0 Å². The van der Waals surface area contributed by atoms with E-state index in [-0.39, 0.29) is 6.04 Å². The van der Waals surface area contributed by atoms with Gasteiger partial charge in [0, 0.05) is 36.7 Å². The highest BCUT2D eigenvalue weighted by Crippen LogP contribution is 2.33. The molecular formula is C19H24F3N3O. The van der Waals surface area contributed by atoms with Crippen LogP contribution in [0.5, 0.6) is 0 Å². The molecular weight excluding hydrogens is 343 g/mol. The third kappa shape index (κ3) is 5.25. The highest BCUT2D eigenvalue weighted by molar-refractivity contribution is 5.67. The molecule has 26 heavy (non-hydrogen) atoms. The zero-order valence-corrected chi connectivity index (χ0v) is 15.2. The zero-order chi connectivity index (χ0) is 19.3. The van der Waals surface area contributed by atoms with E-state index in [9.17, 15) is 13.2 Å². The summed E-state index contributed by atoms with van der Waals surface area (Å²) >= 11 is 0. The number of alkyl halides is 3. The monoisotopic (exact) mass is 367 g/mol. The fourth-order valence-electron chi connectivity index (χ4n) is 2.65. The molecule has 0 aliphatic carbocycles. The number of pyridine rings is 2. The van der Waals surface area contributed by atoms with Crippen LogP contribution in [0.1, 0.15) is 49.0 Å². The lowest BCUT2D eigenvalue weighted by atomic mass is 9.99. The minimum absolute atomic E-state index is 0.236. The Hall–Kier alpha value is -1.99. The molecule has 0 saturated heterocycles. The molecule has 4 nitrogen and oxygen atoms in total. The van der Waals surface area contributed by atoms with Crippen LogP contribution in [0.4, 0.5) is 13.2 Å². The molecule has 2 aromatic rings. The minimum atomic E-state index is -4.50. The second-order valence-corrected chi connectivity index (χ2v) is 6.24. The van der Waals surface area contributed by atoms with Gasteiger partial charge in [-0.15, -0.1) is 0 Å². The first-order chi connectivity index (χ1) is 12.2. The second kappa shape index (κ2) is 8.60. The average Bonchev–Trinajstić information content (AvgIpc) is 2.57. The van der Waals surface area contributed by atoms with Crippen LogP contribution in [0.2, 0.25) is 0 Å². The number of hydrogen-bond acceptors (Lipinski definition) is 4. The van der Waals surface area contributed by atoms with Gasteiger partial charge in [0.25, 0.3) is 0 Å². The Morgan fingerprint density at radius 1 is 1.23 bits per heavy atom. The number of rotatable bonds is 7. The van der Waals surface area contributed by atoms with Crippen LogP contribution in [-0.2, 0) is 17.3 Å². The quantitative estimate of drug-likeness (QED) is 0.734. The number of nitrogens with two attached hydrogens (primary N) is 1. The first kappa shape index (κ1) is 20.3. The first-order valence-corrected chi connectivity index (χ1v) is 8.60.